The Balaban J connectivity index is 0.000000152. The van der Waals surface area contributed by atoms with Crippen molar-refractivity contribution in [3.63, 3.8) is 0 Å². The van der Waals surface area contributed by atoms with Gasteiger partial charge in [0.25, 0.3) is 0 Å². The van der Waals surface area contributed by atoms with Crippen LogP contribution in [0.3, 0.4) is 0 Å². The van der Waals surface area contributed by atoms with Crippen LogP contribution in [0.5, 0.6) is 0 Å². The lowest BCUT2D eigenvalue weighted by atomic mass is 10.0. The van der Waals surface area contributed by atoms with Gasteiger partial charge in [-0.05, 0) is 137 Å². The first-order valence-corrected chi connectivity index (χ1v) is 25.7. The minimum atomic E-state index is -0.282. The van der Waals surface area contributed by atoms with Crippen molar-refractivity contribution in [3.8, 4) is 45.5 Å². The molecule has 19 heteroatoms. The van der Waals surface area contributed by atoms with E-state index in [-0.39, 0.29) is 18.1 Å². The van der Waals surface area contributed by atoms with E-state index in [1.165, 1.54) is 4.88 Å². The third-order valence-electron chi connectivity index (χ3n) is 11.8. The van der Waals surface area contributed by atoms with Gasteiger partial charge in [-0.3, -0.25) is 31.2 Å². The van der Waals surface area contributed by atoms with Crippen molar-refractivity contribution in [2.24, 2.45) is 0 Å². The highest BCUT2D eigenvalue weighted by atomic mass is 35.5. The number of aromatic nitrogens is 6. The Morgan fingerprint density at radius 2 is 0.947 bits per heavy atom. The van der Waals surface area contributed by atoms with Gasteiger partial charge in [-0.1, -0.05) is 92.5 Å². The third-order valence-corrected chi connectivity index (χ3v) is 13.0. The standard InChI is InChI=1S/C21H17N5OS.C19H19N5O.C17H17ClN4O/c22-13-14-3-1-4-15(11-14)16-6-7-18-19(12-16)25-26-20(18)24-21(27)23-9-8-17-5-2-10-28-17;1-2-3-9-21-19(25)22-18-16-8-7-15(11-17(16)23-24-18)14-6-4-5-13(10-14)12-20;1-2-8-19-17(23)20-16-14-7-6-12(10-15(14)21-22-16)11-4-3-5-13(18)9-11/h1-7,10-12H,8-9H2,(H3,23,24,25,26,27);4-8,10-11H,2-3,9H2,1H3,(H3,21,22,23,24,25);3-7,9-10H,2,8H2,1H3,(H3,19,20,21,22,23). The number of carbonyl (C=O) groups is 3. The summed E-state index contributed by atoms with van der Waals surface area (Å²) in [6, 6.07) is 47.7. The maximum atomic E-state index is 12.1. The lowest BCUT2D eigenvalue weighted by molar-refractivity contribution is 0.251. The van der Waals surface area contributed by atoms with Crippen LogP contribution in [0.25, 0.3) is 66.1 Å². The van der Waals surface area contributed by atoms with E-state index in [1.54, 1.807) is 23.5 Å². The van der Waals surface area contributed by atoms with Crippen molar-refractivity contribution in [2.45, 2.75) is 39.5 Å². The maximum absolute atomic E-state index is 12.1. The monoisotopic (exact) mass is 1050 g/mol. The summed E-state index contributed by atoms with van der Waals surface area (Å²) in [4.78, 5) is 37.0. The molecule has 4 aromatic heterocycles. The quantitative estimate of drug-likeness (QED) is 0.0472. The molecule has 0 aliphatic rings. The van der Waals surface area contributed by atoms with Crippen LogP contribution in [0.2, 0.25) is 5.02 Å². The van der Waals surface area contributed by atoms with Crippen LogP contribution in [-0.2, 0) is 6.42 Å². The van der Waals surface area contributed by atoms with Crippen molar-refractivity contribution < 1.29 is 14.4 Å². The van der Waals surface area contributed by atoms with Gasteiger partial charge < -0.3 is 16.0 Å². The summed E-state index contributed by atoms with van der Waals surface area (Å²) in [5.74, 6) is 1.51. The largest absolute Gasteiger partial charge is 0.338 e. The summed E-state index contributed by atoms with van der Waals surface area (Å²) in [6.07, 6.45) is 3.66. The number of aromatic amines is 3. The van der Waals surface area contributed by atoms with Crippen LogP contribution in [0.1, 0.15) is 49.1 Å². The maximum Gasteiger partial charge on any atom is 0.320 e. The molecule has 0 aliphatic heterocycles. The molecule has 76 heavy (non-hydrogen) atoms. The molecule has 9 N–H and O–H groups in total. The fourth-order valence-electron chi connectivity index (χ4n) is 7.91. The highest BCUT2D eigenvalue weighted by Crippen LogP contribution is 2.31. The predicted molar refractivity (Wildman–Crippen MR) is 303 cm³/mol. The number of hydrogen-bond acceptors (Lipinski definition) is 9. The molecule has 10 rings (SSSR count). The molecule has 17 nitrogen and oxygen atoms in total. The zero-order chi connectivity index (χ0) is 53.2. The number of nitriles is 2. The number of hydrogen-bond donors (Lipinski definition) is 9. The molecule has 0 saturated heterocycles. The fourth-order valence-corrected chi connectivity index (χ4v) is 8.81. The third kappa shape index (κ3) is 14.0. The van der Waals surface area contributed by atoms with Crippen molar-refractivity contribution >= 4 is 91.2 Å². The van der Waals surface area contributed by atoms with Gasteiger partial charge in [0.1, 0.15) is 0 Å². The smallest absolute Gasteiger partial charge is 0.320 e. The predicted octanol–water partition coefficient (Wildman–Crippen LogP) is 13.0. The number of anilines is 3. The van der Waals surface area contributed by atoms with Crippen LogP contribution in [0.4, 0.5) is 31.8 Å². The van der Waals surface area contributed by atoms with Gasteiger partial charge in [-0.25, -0.2) is 14.4 Å². The van der Waals surface area contributed by atoms with Crippen molar-refractivity contribution in [1.29, 1.82) is 10.5 Å². The molecule has 6 aromatic carbocycles. The van der Waals surface area contributed by atoms with Gasteiger partial charge in [0.15, 0.2) is 17.5 Å². The van der Waals surface area contributed by atoms with E-state index in [0.717, 1.165) is 91.8 Å². The van der Waals surface area contributed by atoms with Crippen LogP contribution in [-0.4, -0.2) is 68.3 Å². The number of carbonyl (C=O) groups excluding carboxylic acids is 3. The van der Waals surface area contributed by atoms with Gasteiger partial charge in [-0.2, -0.15) is 25.8 Å². The Morgan fingerprint density at radius 1 is 0.513 bits per heavy atom. The number of benzene rings is 6. The Morgan fingerprint density at radius 3 is 1.37 bits per heavy atom. The molecule has 10 aromatic rings. The highest BCUT2D eigenvalue weighted by molar-refractivity contribution is 7.09. The van der Waals surface area contributed by atoms with Crippen molar-refractivity contribution in [1.82, 2.24) is 46.5 Å². The molecule has 4 heterocycles. The minimum absolute atomic E-state index is 0.251. The Bertz CT molecular complexity index is 3700. The van der Waals surface area contributed by atoms with E-state index < -0.39 is 0 Å². The highest BCUT2D eigenvalue weighted by Gasteiger charge is 2.14. The van der Waals surface area contributed by atoms with Crippen LogP contribution < -0.4 is 31.9 Å². The van der Waals surface area contributed by atoms with Crippen LogP contribution in [0.15, 0.2) is 145 Å². The summed E-state index contributed by atoms with van der Waals surface area (Å²) in [5.41, 5.74) is 9.66. The number of fused-ring (bicyclic) bond motifs is 3. The van der Waals surface area contributed by atoms with Gasteiger partial charge in [0, 0.05) is 45.7 Å². The van der Waals surface area contributed by atoms with E-state index in [4.69, 9.17) is 22.1 Å². The molecule has 0 fully saturated rings. The van der Waals surface area contributed by atoms with E-state index in [1.807, 2.05) is 134 Å². The molecule has 6 amide bonds. The van der Waals surface area contributed by atoms with E-state index in [2.05, 4.69) is 87.6 Å². The Labute approximate surface area is 447 Å². The Hall–Kier alpha value is -9.49. The Kier molecular flexibility index (Phi) is 18.0. The molecule has 0 unspecified atom stereocenters. The summed E-state index contributed by atoms with van der Waals surface area (Å²) >= 11 is 7.72. The van der Waals surface area contributed by atoms with Crippen LogP contribution >= 0.6 is 22.9 Å². The number of H-pyrrole nitrogens is 3. The first-order valence-electron chi connectivity index (χ1n) is 24.5. The van der Waals surface area contributed by atoms with Gasteiger partial charge in [0.05, 0.1) is 39.8 Å². The second-order valence-corrected chi connectivity index (χ2v) is 18.7. The molecule has 0 spiro atoms. The first-order chi connectivity index (χ1) is 37.1. The average Bonchev–Trinajstić information content (AvgIpc) is 4.29. The minimum Gasteiger partial charge on any atom is -0.338 e. The lowest BCUT2D eigenvalue weighted by Gasteiger charge is -2.06. The number of nitrogens with one attached hydrogen (secondary N) is 9. The molecular formula is C57H53ClN14O3S. The van der Waals surface area contributed by atoms with Crippen LogP contribution in [0, 0.1) is 22.7 Å². The number of unbranched alkanes of at least 4 members (excludes halogenated alkanes) is 1. The summed E-state index contributed by atoms with van der Waals surface area (Å²) in [7, 11) is 0. The number of urea groups is 3. The van der Waals surface area contributed by atoms with Gasteiger partial charge in [0.2, 0.25) is 0 Å². The zero-order valence-corrected chi connectivity index (χ0v) is 43.1. The molecule has 0 bridgehead atoms. The lowest BCUT2D eigenvalue weighted by Crippen LogP contribution is -2.30. The molecule has 0 radical (unpaired) electrons. The van der Waals surface area contributed by atoms with Crippen molar-refractivity contribution in [3.05, 3.63) is 166 Å². The average molecular weight is 1050 g/mol. The summed E-state index contributed by atoms with van der Waals surface area (Å²) < 4.78 is 0. The molecule has 382 valence electrons. The van der Waals surface area contributed by atoms with Gasteiger partial charge in [-0.15, -0.1) is 11.3 Å². The number of thiophene rings is 1. The second kappa shape index (κ2) is 25.9. The second-order valence-electron chi connectivity index (χ2n) is 17.2. The number of nitrogens with zero attached hydrogens (tertiary/aromatic N) is 5. The van der Waals surface area contributed by atoms with Crippen molar-refractivity contribution in [2.75, 3.05) is 35.6 Å². The molecule has 0 aliphatic carbocycles. The van der Waals surface area contributed by atoms with E-state index >= 15 is 0 Å². The normalized spacial score (nSPS) is 10.5. The van der Waals surface area contributed by atoms with E-state index in [9.17, 15) is 14.4 Å². The topological polar surface area (TPSA) is 257 Å². The number of halogens is 1. The number of amides is 6. The summed E-state index contributed by atoms with van der Waals surface area (Å²) in [5, 5.41) is 61.5. The molecule has 0 atom stereocenters. The first kappa shape index (κ1) is 52.8. The summed E-state index contributed by atoms with van der Waals surface area (Å²) in [6.45, 7) is 5.91. The van der Waals surface area contributed by atoms with E-state index in [0.29, 0.717) is 53.2 Å². The molecule has 0 saturated carbocycles. The SMILES string of the molecule is CCCCNC(=O)Nc1n[nH]c2cc(-c3cccc(C#N)c3)ccc12.CCCNC(=O)Nc1n[nH]c2cc(-c3cccc(Cl)c3)ccc12.N#Cc1cccc(-c2ccc3c(NC(=O)NCCc4cccs4)n[nH]c3c2)c1. The zero-order valence-electron chi connectivity index (χ0n) is 41.6. The fraction of sp³-hybridized carbons (Fsp3) is 0.158. The molecular weight excluding hydrogens is 996 g/mol. The van der Waals surface area contributed by atoms with Gasteiger partial charge >= 0.3 is 18.1 Å². The number of rotatable bonds is 14.